The van der Waals surface area contributed by atoms with Crippen LogP contribution < -0.4 is 5.32 Å². The molecule has 4 rings (SSSR count). The minimum Gasteiger partial charge on any atom is -0.465 e. The Bertz CT molecular complexity index is 854. The summed E-state index contributed by atoms with van der Waals surface area (Å²) in [5.41, 5.74) is -0.0430. The fourth-order valence-electron chi connectivity index (χ4n) is 3.44. The minimum absolute atomic E-state index is 0.0969. The summed E-state index contributed by atoms with van der Waals surface area (Å²) < 4.78 is 0. The number of benzene rings is 1. The molecular formula is C18H17N3O3S2. The summed E-state index contributed by atoms with van der Waals surface area (Å²) in [6.45, 7) is 0.780. The lowest BCUT2D eigenvalue weighted by Crippen LogP contribution is -2.42. The summed E-state index contributed by atoms with van der Waals surface area (Å²) in [6.07, 6.45) is -0.926. The predicted octanol–water partition coefficient (Wildman–Crippen LogP) is 3.09. The molecule has 1 aromatic carbocycles. The number of carbonyl (C=O) groups excluding carboxylic acids is 1. The van der Waals surface area contributed by atoms with Gasteiger partial charge in [-0.2, -0.15) is 0 Å². The van der Waals surface area contributed by atoms with Gasteiger partial charge in [0.2, 0.25) is 0 Å². The largest absolute Gasteiger partial charge is 0.465 e. The van der Waals surface area contributed by atoms with Crippen LogP contribution in [0.3, 0.4) is 0 Å². The zero-order valence-electron chi connectivity index (χ0n) is 13.8. The quantitative estimate of drug-likeness (QED) is 0.830. The second-order valence-corrected chi connectivity index (χ2v) is 8.27. The van der Waals surface area contributed by atoms with Crippen molar-refractivity contribution in [2.24, 2.45) is 10.9 Å². The molecule has 0 aliphatic carbocycles. The van der Waals surface area contributed by atoms with E-state index in [0.717, 1.165) is 10.6 Å². The molecule has 8 heteroatoms. The molecule has 2 atom stereocenters. The van der Waals surface area contributed by atoms with Gasteiger partial charge in [-0.15, -0.1) is 11.3 Å². The van der Waals surface area contributed by atoms with E-state index in [0.29, 0.717) is 23.8 Å². The molecule has 0 spiro atoms. The zero-order chi connectivity index (χ0) is 18.1. The van der Waals surface area contributed by atoms with Crippen LogP contribution in [0.1, 0.15) is 15.2 Å². The van der Waals surface area contributed by atoms with Crippen LogP contribution in [0.4, 0.5) is 4.79 Å². The van der Waals surface area contributed by atoms with E-state index in [1.165, 1.54) is 16.7 Å². The lowest BCUT2D eigenvalue weighted by Gasteiger charge is -2.34. The van der Waals surface area contributed by atoms with E-state index in [9.17, 15) is 14.7 Å². The summed E-state index contributed by atoms with van der Waals surface area (Å²) in [4.78, 5) is 31.3. The van der Waals surface area contributed by atoms with Crippen molar-refractivity contribution in [2.75, 3.05) is 18.8 Å². The van der Waals surface area contributed by atoms with Crippen LogP contribution in [0.15, 0.2) is 52.8 Å². The van der Waals surface area contributed by atoms with Crippen LogP contribution in [0.25, 0.3) is 0 Å². The molecule has 1 saturated heterocycles. The first-order valence-corrected chi connectivity index (χ1v) is 10.1. The first-order chi connectivity index (χ1) is 12.6. The second-order valence-electron chi connectivity index (χ2n) is 6.31. The van der Waals surface area contributed by atoms with E-state index < -0.39 is 11.6 Å². The highest BCUT2D eigenvalue weighted by atomic mass is 32.2. The maximum Gasteiger partial charge on any atom is 0.407 e. The molecule has 2 aromatic rings. The number of likely N-dealkylation sites (tertiary alicyclic amines) is 1. The Balaban J connectivity index is 1.65. The van der Waals surface area contributed by atoms with Crippen LogP contribution in [0, 0.1) is 5.92 Å². The van der Waals surface area contributed by atoms with E-state index in [2.05, 4.69) is 5.32 Å². The Labute approximate surface area is 158 Å². The number of thiophene rings is 1. The van der Waals surface area contributed by atoms with Crippen molar-refractivity contribution in [1.82, 2.24) is 10.2 Å². The summed E-state index contributed by atoms with van der Waals surface area (Å²) in [6, 6.07) is 12.9. The molecule has 0 saturated carbocycles. The van der Waals surface area contributed by atoms with Gasteiger partial charge in [0.05, 0.1) is 6.54 Å². The highest BCUT2D eigenvalue weighted by Crippen LogP contribution is 2.47. The van der Waals surface area contributed by atoms with E-state index in [1.54, 1.807) is 23.5 Å². The number of thioether (sulfide) groups is 1. The topological polar surface area (TPSA) is 82.0 Å². The minimum atomic E-state index is -0.926. The van der Waals surface area contributed by atoms with Gasteiger partial charge in [0, 0.05) is 28.7 Å². The molecule has 2 aliphatic rings. The predicted molar refractivity (Wildman–Crippen MR) is 103 cm³/mol. The third-order valence-electron chi connectivity index (χ3n) is 4.75. The van der Waals surface area contributed by atoms with Gasteiger partial charge in [-0.05, 0) is 23.6 Å². The number of hydrogen-bond donors (Lipinski definition) is 2. The molecule has 26 heavy (non-hydrogen) atoms. The lowest BCUT2D eigenvalue weighted by atomic mass is 9.87. The van der Waals surface area contributed by atoms with Crippen molar-refractivity contribution >= 4 is 40.3 Å². The van der Waals surface area contributed by atoms with Gasteiger partial charge in [0.1, 0.15) is 5.54 Å². The Morgan fingerprint density at radius 1 is 1.23 bits per heavy atom. The standard InChI is InChI=1S/C18H17N3O3S2/c22-15(12-5-2-1-3-6-12)19-16-20-18(14-7-4-8-25-14)11-21(17(23)24)9-13(18)10-26-16/h1-8,13H,9-11H2,(H,23,24)(H,19,20,22)/t13-,18?/m0/s1. The number of rotatable bonds is 2. The van der Waals surface area contributed by atoms with Gasteiger partial charge >= 0.3 is 6.09 Å². The maximum absolute atomic E-state index is 12.5. The Morgan fingerprint density at radius 3 is 2.73 bits per heavy atom. The van der Waals surface area contributed by atoms with E-state index in [-0.39, 0.29) is 11.8 Å². The molecule has 0 radical (unpaired) electrons. The van der Waals surface area contributed by atoms with E-state index >= 15 is 0 Å². The molecule has 3 heterocycles. The van der Waals surface area contributed by atoms with Crippen LogP contribution in [0.2, 0.25) is 0 Å². The van der Waals surface area contributed by atoms with Gasteiger partial charge in [0.25, 0.3) is 5.91 Å². The van der Waals surface area contributed by atoms with Crippen molar-refractivity contribution in [2.45, 2.75) is 5.54 Å². The van der Waals surface area contributed by atoms with E-state index in [1.807, 2.05) is 35.7 Å². The molecule has 134 valence electrons. The van der Waals surface area contributed by atoms with Gasteiger partial charge in [-0.3, -0.25) is 4.79 Å². The molecule has 0 bridgehead atoms. The van der Waals surface area contributed by atoms with Crippen molar-refractivity contribution in [3.63, 3.8) is 0 Å². The fourth-order valence-corrected chi connectivity index (χ4v) is 5.51. The number of carboxylic acid groups (broad SMARTS) is 1. The van der Waals surface area contributed by atoms with Crippen LogP contribution in [-0.4, -0.2) is 46.0 Å². The summed E-state index contributed by atoms with van der Waals surface area (Å²) >= 11 is 3.05. The number of carbonyl (C=O) groups is 2. The summed E-state index contributed by atoms with van der Waals surface area (Å²) in [7, 11) is 0. The fraction of sp³-hybridized carbons (Fsp3) is 0.278. The Hall–Kier alpha value is -2.32. The lowest BCUT2D eigenvalue weighted by molar-refractivity contribution is 0.0977. The SMILES string of the molecule is O=C(NC1=NC2(c3cccs3)CN(C(=O)O)C[C@H]2CS1)c1ccccc1. The van der Waals surface area contributed by atoms with Crippen molar-refractivity contribution < 1.29 is 14.7 Å². The molecular weight excluding hydrogens is 370 g/mol. The first-order valence-electron chi connectivity index (χ1n) is 8.19. The van der Waals surface area contributed by atoms with Crippen molar-refractivity contribution in [3.8, 4) is 0 Å². The van der Waals surface area contributed by atoms with Gasteiger partial charge in [-0.1, -0.05) is 36.0 Å². The molecule has 1 unspecified atom stereocenters. The normalized spacial score (nSPS) is 24.7. The molecule has 2 N–H and O–H groups in total. The van der Waals surface area contributed by atoms with Crippen LogP contribution in [-0.2, 0) is 5.54 Å². The Morgan fingerprint density at radius 2 is 2.04 bits per heavy atom. The zero-order valence-corrected chi connectivity index (χ0v) is 15.4. The molecule has 1 aromatic heterocycles. The second kappa shape index (κ2) is 6.77. The molecule has 2 aliphatic heterocycles. The molecule has 1 fully saturated rings. The third kappa shape index (κ3) is 2.99. The number of amidine groups is 1. The Kier molecular flexibility index (Phi) is 4.46. The summed E-state index contributed by atoms with van der Waals surface area (Å²) in [5.74, 6) is 0.611. The molecule has 2 amide bonds. The smallest absolute Gasteiger partial charge is 0.407 e. The monoisotopic (exact) mass is 387 g/mol. The number of hydrogen-bond acceptors (Lipinski definition) is 5. The van der Waals surface area contributed by atoms with Crippen LogP contribution in [0.5, 0.6) is 0 Å². The number of aliphatic imine (C=N–C) groups is 1. The maximum atomic E-state index is 12.5. The van der Waals surface area contributed by atoms with Crippen molar-refractivity contribution in [1.29, 1.82) is 0 Å². The van der Waals surface area contributed by atoms with Crippen molar-refractivity contribution in [3.05, 3.63) is 58.3 Å². The van der Waals surface area contributed by atoms with Gasteiger partial charge in [-0.25, -0.2) is 9.79 Å². The average Bonchev–Trinajstić information content (AvgIpc) is 3.30. The number of amides is 2. The molecule has 6 nitrogen and oxygen atoms in total. The van der Waals surface area contributed by atoms with Gasteiger partial charge in [0.15, 0.2) is 5.17 Å². The number of nitrogens with one attached hydrogen (secondary N) is 1. The highest BCUT2D eigenvalue weighted by Gasteiger charge is 2.52. The third-order valence-corrected chi connectivity index (χ3v) is 6.82. The highest BCUT2D eigenvalue weighted by molar-refractivity contribution is 8.13. The van der Waals surface area contributed by atoms with Gasteiger partial charge < -0.3 is 15.3 Å². The van der Waals surface area contributed by atoms with E-state index in [4.69, 9.17) is 4.99 Å². The summed E-state index contributed by atoms with van der Waals surface area (Å²) in [5, 5.41) is 14.9. The number of nitrogens with zero attached hydrogens (tertiary/aromatic N) is 2. The first kappa shape index (κ1) is 17.1. The average molecular weight is 387 g/mol. The van der Waals surface area contributed by atoms with Crippen LogP contribution >= 0.6 is 23.1 Å². The number of fused-ring (bicyclic) bond motifs is 1.